The third kappa shape index (κ3) is 9.43. The second-order valence-corrected chi connectivity index (χ2v) is 12.1. The van der Waals surface area contributed by atoms with Gasteiger partial charge in [-0.1, -0.05) is 58.7 Å². The van der Waals surface area contributed by atoms with Crippen LogP contribution in [0.5, 0.6) is 5.75 Å². The number of nitrogens with one attached hydrogen (secondary N) is 1. The maximum absolute atomic E-state index is 11.8. The third-order valence-electron chi connectivity index (χ3n) is 6.87. The molecule has 0 bridgehead atoms. The van der Waals surface area contributed by atoms with Crippen molar-refractivity contribution in [1.29, 1.82) is 0 Å². The van der Waals surface area contributed by atoms with Crippen LogP contribution in [0.3, 0.4) is 0 Å². The number of fused-ring (bicyclic) bond motifs is 1. The Morgan fingerprint density at radius 3 is 2.18 bits per heavy atom. The summed E-state index contributed by atoms with van der Waals surface area (Å²) < 4.78 is 38.5. The topological polar surface area (TPSA) is 71.8 Å². The van der Waals surface area contributed by atoms with Crippen molar-refractivity contribution in [3.63, 3.8) is 0 Å². The molecule has 1 N–H and O–H groups in total. The quantitative estimate of drug-likeness (QED) is 0.162. The lowest BCUT2D eigenvalue weighted by Gasteiger charge is -2.21. The first-order valence-corrected chi connectivity index (χ1v) is 16.3. The SMILES string of the molecule is C=C(c1ccc(OCCCN(CCCC)CCCC)cc1)c1c(CCCC)oc2ccc(NS(C)(=O)=O)cc12. The molecular formula is C32H46N2O4S. The molecule has 0 aliphatic heterocycles. The number of ether oxygens (including phenoxy) is 1. The van der Waals surface area contributed by atoms with E-state index in [4.69, 9.17) is 9.15 Å². The molecule has 0 saturated heterocycles. The summed E-state index contributed by atoms with van der Waals surface area (Å²) in [4.78, 5) is 2.56. The van der Waals surface area contributed by atoms with E-state index in [2.05, 4.69) is 37.0 Å². The van der Waals surface area contributed by atoms with Crippen molar-refractivity contribution in [2.24, 2.45) is 0 Å². The molecule has 0 fully saturated rings. The van der Waals surface area contributed by atoms with Crippen LogP contribution >= 0.6 is 0 Å². The largest absolute Gasteiger partial charge is 0.494 e. The number of unbranched alkanes of at least 4 members (excludes halogenated alkanes) is 3. The molecule has 0 aliphatic carbocycles. The Bertz CT molecular complexity index is 1290. The highest BCUT2D eigenvalue weighted by Gasteiger charge is 2.19. The van der Waals surface area contributed by atoms with Gasteiger partial charge < -0.3 is 14.1 Å². The Labute approximate surface area is 235 Å². The van der Waals surface area contributed by atoms with Gasteiger partial charge in [0.25, 0.3) is 0 Å². The third-order valence-corrected chi connectivity index (χ3v) is 7.48. The van der Waals surface area contributed by atoms with Gasteiger partial charge in [0, 0.05) is 29.6 Å². The zero-order valence-corrected chi connectivity index (χ0v) is 25.0. The summed E-state index contributed by atoms with van der Waals surface area (Å²) in [6.07, 6.45) is 9.94. The van der Waals surface area contributed by atoms with E-state index < -0.39 is 10.0 Å². The highest BCUT2D eigenvalue weighted by molar-refractivity contribution is 7.92. The lowest BCUT2D eigenvalue weighted by molar-refractivity contribution is 0.229. The Kier molecular flexibility index (Phi) is 11.9. The number of benzene rings is 2. The summed E-state index contributed by atoms with van der Waals surface area (Å²) in [5.41, 5.74) is 4.00. The van der Waals surface area contributed by atoms with Crippen molar-refractivity contribution < 1.29 is 17.6 Å². The van der Waals surface area contributed by atoms with E-state index in [9.17, 15) is 8.42 Å². The van der Waals surface area contributed by atoms with Gasteiger partial charge in [-0.2, -0.15) is 0 Å². The van der Waals surface area contributed by atoms with Crippen molar-refractivity contribution in [2.75, 3.05) is 37.2 Å². The molecule has 0 atom stereocenters. The Morgan fingerprint density at radius 2 is 1.56 bits per heavy atom. The van der Waals surface area contributed by atoms with E-state index in [-0.39, 0.29) is 0 Å². The molecule has 6 nitrogen and oxygen atoms in total. The number of sulfonamides is 1. The fourth-order valence-electron chi connectivity index (χ4n) is 4.74. The average Bonchev–Trinajstić information content (AvgIpc) is 3.27. The number of hydrogen-bond acceptors (Lipinski definition) is 5. The first-order valence-electron chi connectivity index (χ1n) is 14.4. The summed E-state index contributed by atoms with van der Waals surface area (Å²) >= 11 is 0. The highest BCUT2D eigenvalue weighted by Crippen LogP contribution is 2.37. The van der Waals surface area contributed by atoms with E-state index in [0.717, 1.165) is 77.7 Å². The van der Waals surface area contributed by atoms with Gasteiger partial charge in [-0.25, -0.2) is 8.42 Å². The number of hydrogen-bond donors (Lipinski definition) is 1. The van der Waals surface area contributed by atoms with Crippen LogP contribution in [0.1, 0.15) is 82.6 Å². The molecule has 0 radical (unpaired) electrons. The molecule has 0 amide bonds. The molecule has 1 heterocycles. The van der Waals surface area contributed by atoms with Crippen molar-refractivity contribution in [3.05, 3.63) is 65.9 Å². The molecule has 0 unspecified atom stereocenters. The average molecular weight is 555 g/mol. The maximum atomic E-state index is 11.8. The van der Waals surface area contributed by atoms with E-state index in [0.29, 0.717) is 12.3 Å². The van der Waals surface area contributed by atoms with Gasteiger partial charge in [-0.15, -0.1) is 0 Å². The smallest absolute Gasteiger partial charge is 0.229 e. The Morgan fingerprint density at radius 1 is 0.923 bits per heavy atom. The minimum absolute atomic E-state index is 0.508. The molecule has 0 saturated carbocycles. The van der Waals surface area contributed by atoms with Crippen LogP contribution in [0.2, 0.25) is 0 Å². The predicted octanol–water partition coefficient (Wildman–Crippen LogP) is 7.88. The molecule has 3 rings (SSSR count). The van der Waals surface area contributed by atoms with Crippen molar-refractivity contribution in [1.82, 2.24) is 4.90 Å². The summed E-state index contributed by atoms with van der Waals surface area (Å²) in [6, 6.07) is 13.4. The van der Waals surface area contributed by atoms with Crippen LogP contribution in [-0.4, -0.2) is 45.8 Å². The number of furan rings is 1. The Hall–Kier alpha value is -2.77. The van der Waals surface area contributed by atoms with Crippen LogP contribution in [-0.2, 0) is 16.4 Å². The first kappa shape index (κ1) is 30.8. The van der Waals surface area contributed by atoms with Gasteiger partial charge in [-0.05, 0) is 80.2 Å². The lowest BCUT2D eigenvalue weighted by atomic mass is 9.95. The standard InChI is InChI=1S/C32H46N2O4S/c1-6-9-13-31-32(29-24-27(33-39(5,35)36)16-19-30(29)38-31)25(4)26-14-17-28(18-15-26)37-23-12-22-34(20-10-7-2)21-11-8-3/h14-19,24,33H,4,6-13,20-23H2,1-3,5H3. The minimum atomic E-state index is -3.39. The molecule has 214 valence electrons. The normalized spacial score (nSPS) is 11.8. The Balaban J connectivity index is 1.71. The van der Waals surface area contributed by atoms with Gasteiger partial charge in [0.2, 0.25) is 10.0 Å². The number of anilines is 1. The van der Waals surface area contributed by atoms with Crippen molar-refractivity contribution in [3.8, 4) is 5.75 Å². The molecule has 0 spiro atoms. The number of nitrogens with zero attached hydrogens (tertiary/aromatic N) is 1. The molecule has 3 aromatic rings. The molecule has 0 aliphatic rings. The van der Waals surface area contributed by atoms with Crippen LogP contribution in [0.15, 0.2) is 53.5 Å². The summed E-state index contributed by atoms with van der Waals surface area (Å²) in [5, 5.41) is 0.857. The van der Waals surface area contributed by atoms with Gasteiger partial charge in [0.15, 0.2) is 0 Å². The highest BCUT2D eigenvalue weighted by atomic mass is 32.2. The van der Waals surface area contributed by atoms with Crippen molar-refractivity contribution >= 4 is 32.3 Å². The fourth-order valence-corrected chi connectivity index (χ4v) is 5.30. The van der Waals surface area contributed by atoms with E-state index in [1.165, 1.54) is 38.8 Å². The van der Waals surface area contributed by atoms with Crippen LogP contribution in [0.25, 0.3) is 16.5 Å². The summed E-state index contributed by atoms with van der Waals surface area (Å²) in [5.74, 6) is 1.73. The molecule has 1 aromatic heterocycles. The van der Waals surface area contributed by atoms with Crippen LogP contribution in [0, 0.1) is 0 Å². The van der Waals surface area contributed by atoms with E-state index >= 15 is 0 Å². The monoisotopic (exact) mass is 554 g/mol. The minimum Gasteiger partial charge on any atom is -0.494 e. The lowest BCUT2D eigenvalue weighted by Crippen LogP contribution is -2.28. The number of aryl methyl sites for hydroxylation is 1. The van der Waals surface area contributed by atoms with Crippen LogP contribution < -0.4 is 9.46 Å². The van der Waals surface area contributed by atoms with Crippen molar-refractivity contribution in [2.45, 2.75) is 72.1 Å². The molecule has 7 heteroatoms. The zero-order valence-electron chi connectivity index (χ0n) is 24.2. The van der Waals surface area contributed by atoms with Gasteiger partial charge in [0.1, 0.15) is 17.1 Å². The van der Waals surface area contributed by atoms with Gasteiger partial charge >= 0.3 is 0 Å². The fraction of sp³-hybridized carbons (Fsp3) is 0.500. The number of rotatable bonds is 18. The van der Waals surface area contributed by atoms with Gasteiger partial charge in [0.05, 0.1) is 12.9 Å². The first-order chi connectivity index (χ1) is 18.8. The maximum Gasteiger partial charge on any atom is 0.229 e. The van der Waals surface area contributed by atoms with E-state index in [1.807, 2.05) is 36.4 Å². The second-order valence-electron chi connectivity index (χ2n) is 10.3. The predicted molar refractivity (Wildman–Crippen MR) is 164 cm³/mol. The molecular weight excluding hydrogens is 508 g/mol. The zero-order chi connectivity index (χ0) is 28.3. The molecule has 39 heavy (non-hydrogen) atoms. The second kappa shape index (κ2) is 15.1. The van der Waals surface area contributed by atoms with Gasteiger partial charge in [-0.3, -0.25) is 4.72 Å². The summed E-state index contributed by atoms with van der Waals surface area (Å²) in [6.45, 7) is 15.2. The summed E-state index contributed by atoms with van der Waals surface area (Å²) in [7, 11) is -3.39. The van der Waals surface area contributed by atoms with Crippen LogP contribution in [0.4, 0.5) is 5.69 Å². The van der Waals surface area contributed by atoms with E-state index in [1.54, 1.807) is 6.07 Å². The molecule has 2 aromatic carbocycles.